The summed E-state index contributed by atoms with van der Waals surface area (Å²) < 4.78 is 6.63. The van der Waals surface area contributed by atoms with Crippen molar-refractivity contribution in [3.05, 3.63) is 35.9 Å². The van der Waals surface area contributed by atoms with E-state index in [1.807, 2.05) is 19.2 Å². The second-order valence-electron chi connectivity index (χ2n) is 6.08. The molecule has 1 aliphatic heterocycles. The number of imidazole rings is 1. The molecule has 0 radical (unpaired) electrons. The zero-order chi connectivity index (χ0) is 17.8. The number of amides is 2. The van der Waals surface area contributed by atoms with Crippen LogP contribution in [-0.2, 0) is 4.74 Å². The smallest absolute Gasteiger partial charge is 0.290 e. The van der Waals surface area contributed by atoms with Crippen molar-refractivity contribution < 1.29 is 14.3 Å². The minimum atomic E-state index is -0.307. The van der Waals surface area contributed by atoms with E-state index in [0.29, 0.717) is 31.8 Å². The maximum atomic E-state index is 12.9. The first-order valence-corrected chi connectivity index (χ1v) is 8.34. The minimum absolute atomic E-state index is 0.148. The normalized spacial score (nSPS) is 15.5. The van der Waals surface area contributed by atoms with Gasteiger partial charge in [-0.15, -0.1) is 0 Å². The summed E-state index contributed by atoms with van der Waals surface area (Å²) >= 11 is 0. The van der Waals surface area contributed by atoms with E-state index in [1.54, 1.807) is 28.7 Å². The SMILES string of the molecule is COCCNC(=O)c1nc(C(=O)N2CCN(C)CC2)n2ccccc12. The molecule has 0 spiro atoms. The van der Waals surface area contributed by atoms with Crippen molar-refractivity contribution in [3.8, 4) is 0 Å². The number of nitrogens with one attached hydrogen (secondary N) is 1. The maximum Gasteiger partial charge on any atom is 0.290 e. The number of nitrogens with zero attached hydrogens (tertiary/aromatic N) is 4. The van der Waals surface area contributed by atoms with Gasteiger partial charge in [0.15, 0.2) is 5.69 Å². The lowest BCUT2D eigenvalue weighted by atomic mass is 10.3. The largest absolute Gasteiger partial charge is 0.383 e. The number of carbonyl (C=O) groups is 2. The highest BCUT2D eigenvalue weighted by Gasteiger charge is 2.26. The van der Waals surface area contributed by atoms with E-state index in [2.05, 4.69) is 15.2 Å². The fourth-order valence-electron chi connectivity index (χ4n) is 2.86. The summed E-state index contributed by atoms with van der Waals surface area (Å²) in [4.78, 5) is 33.6. The van der Waals surface area contributed by atoms with Gasteiger partial charge in [0.05, 0.1) is 12.1 Å². The first kappa shape index (κ1) is 17.4. The summed E-state index contributed by atoms with van der Waals surface area (Å²) in [6.07, 6.45) is 1.76. The van der Waals surface area contributed by atoms with Gasteiger partial charge in [-0.3, -0.25) is 14.0 Å². The van der Waals surface area contributed by atoms with Crippen LogP contribution in [0.15, 0.2) is 24.4 Å². The predicted octanol–water partition coefficient (Wildman–Crippen LogP) is 0.0981. The molecule has 8 nitrogen and oxygen atoms in total. The quantitative estimate of drug-likeness (QED) is 0.778. The van der Waals surface area contributed by atoms with Gasteiger partial charge in [0.25, 0.3) is 11.8 Å². The summed E-state index contributed by atoms with van der Waals surface area (Å²) in [7, 11) is 3.61. The molecule has 0 atom stereocenters. The van der Waals surface area contributed by atoms with Crippen LogP contribution < -0.4 is 5.32 Å². The van der Waals surface area contributed by atoms with Crippen molar-refractivity contribution in [1.82, 2.24) is 24.5 Å². The highest BCUT2D eigenvalue weighted by atomic mass is 16.5. The van der Waals surface area contributed by atoms with Crippen LogP contribution in [-0.4, -0.2) is 84.5 Å². The summed E-state index contributed by atoms with van der Waals surface area (Å²) in [5.74, 6) is -0.180. The maximum absolute atomic E-state index is 12.9. The van der Waals surface area contributed by atoms with E-state index in [4.69, 9.17) is 4.74 Å². The van der Waals surface area contributed by atoms with E-state index in [1.165, 1.54) is 0 Å². The van der Waals surface area contributed by atoms with Crippen molar-refractivity contribution in [1.29, 1.82) is 0 Å². The number of rotatable bonds is 5. The zero-order valence-corrected chi connectivity index (χ0v) is 14.6. The Bertz CT molecular complexity index is 765. The van der Waals surface area contributed by atoms with Crippen molar-refractivity contribution >= 4 is 17.3 Å². The van der Waals surface area contributed by atoms with E-state index in [-0.39, 0.29) is 23.3 Å². The molecule has 3 rings (SSSR count). The second kappa shape index (κ2) is 7.62. The molecular formula is C17H23N5O3. The summed E-state index contributed by atoms with van der Waals surface area (Å²) in [6, 6.07) is 5.44. The molecule has 0 aromatic carbocycles. The molecule has 1 saturated heterocycles. The van der Waals surface area contributed by atoms with Gasteiger partial charge in [-0.1, -0.05) is 6.07 Å². The van der Waals surface area contributed by atoms with Gasteiger partial charge in [-0.2, -0.15) is 0 Å². The van der Waals surface area contributed by atoms with Gasteiger partial charge in [0, 0.05) is 46.0 Å². The number of piperazine rings is 1. The topological polar surface area (TPSA) is 79.2 Å². The molecule has 0 unspecified atom stereocenters. The van der Waals surface area contributed by atoms with Crippen LogP contribution >= 0.6 is 0 Å². The molecule has 2 aromatic heterocycles. The highest BCUT2D eigenvalue weighted by molar-refractivity contribution is 6.02. The van der Waals surface area contributed by atoms with Crippen LogP contribution in [0.3, 0.4) is 0 Å². The average molecular weight is 345 g/mol. The Kier molecular flexibility index (Phi) is 5.30. The molecule has 134 valence electrons. The van der Waals surface area contributed by atoms with Crippen molar-refractivity contribution in [2.45, 2.75) is 0 Å². The van der Waals surface area contributed by atoms with Gasteiger partial charge in [-0.05, 0) is 19.2 Å². The molecule has 25 heavy (non-hydrogen) atoms. The molecule has 0 bridgehead atoms. The van der Waals surface area contributed by atoms with Crippen LogP contribution in [0.1, 0.15) is 21.1 Å². The first-order chi connectivity index (χ1) is 12.1. The zero-order valence-electron chi connectivity index (χ0n) is 14.6. The molecule has 0 aliphatic carbocycles. The van der Waals surface area contributed by atoms with E-state index >= 15 is 0 Å². The predicted molar refractivity (Wildman–Crippen MR) is 92.8 cm³/mol. The Labute approximate surface area is 146 Å². The van der Waals surface area contributed by atoms with Gasteiger partial charge in [0.1, 0.15) is 0 Å². The third-order valence-corrected chi connectivity index (χ3v) is 4.34. The molecule has 1 N–H and O–H groups in total. The third-order valence-electron chi connectivity index (χ3n) is 4.34. The number of ether oxygens (including phenoxy) is 1. The molecule has 2 amide bonds. The van der Waals surface area contributed by atoms with Crippen LogP contribution in [0, 0.1) is 0 Å². The van der Waals surface area contributed by atoms with E-state index < -0.39 is 0 Å². The molecule has 1 fully saturated rings. The second-order valence-corrected chi connectivity index (χ2v) is 6.08. The molecule has 1 aliphatic rings. The summed E-state index contributed by atoms with van der Waals surface area (Å²) in [6.45, 7) is 3.80. The minimum Gasteiger partial charge on any atom is -0.383 e. The highest BCUT2D eigenvalue weighted by Crippen LogP contribution is 2.15. The van der Waals surface area contributed by atoms with Gasteiger partial charge in [-0.25, -0.2) is 4.98 Å². The van der Waals surface area contributed by atoms with Crippen molar-refractivity contribution in [3.63, 3.8) is 0 Å². The molecule has 8 heteroatoms. The Balaban J connectivity index is 1.88. The molecular weight excluding hydrogens is 322 g/mol. The summed E-state index contributed by atoms with van der Waals surface area (Å²) in [5.41, 5.74) is 0.879. The fourth-order valence-corrected chi connectivity index (χ4v) is 2.86. The number of hydrogen-bond acceptors (Lipinski definition) is 5. The standard InChI is InChI=1S/C17H23N5O3/c1-20-8-10-21(11-9-20)17(24)15-19-14(16(23)18-6-12-25-2)13-5-3-4-7-22(13)15/h3-5,7H,6,8-12H2,1-2H3,(H,18,23). The van der Waals surface area contributed by atoms with Crippen LogP contribution in [0.25, 0.3) is 5.52 Å². The Hall–Kier alpha value is -2.45. The van der Waals surface area contributed by atoms with E-state index in [9.17, 15) is 9.59 Å². The van der Waals surface area contributed by atoms with E-state index in [0.717, 1.165) is 13.1 Å². The number of methoxy groups -OCH3 is 1. The Morgan fingerprint density at radius 2 is 2.00 bits per heavy atom. The van der Waals surface area contributed by atoms with Crippen molar-refractivity contribution in [2.24, 2.45) is 0 Å². The molecule has 0 saturated carbocycles. The number of fused-ring (bicyclic) bond motifs is 1. The molecule has 2 aromatic rings. The number of likely N-dealkylation sites (N-methyl/N-ethyl adjacent to an activating group) is 1. The number of pyridine rings is 1. The van der Waals surface area contributed by atoms with Crippen molar-refractivity contribution in [2.75, 3.05) is 53.5 Å². The Morgan fingerprint density at radius 3 is 2.72 bits per heavy atom. The van der Waals surface area contributed by atoms with Gasteiger partial charge in [0.2, 0.25) is 5.82 Å². The van der Waals surface area contributed by atoms with Crippen LogP contribution in [0.4, 0.5) is 0 Å². The lowest BCUT2D eigenvalue weighted by Gasteiger charge is -2.31. The number of carbonyl (C=O) groups excluding carboxylic acids is 2. The number of hydrogen-bond donors (Lipinski definition) is 1. The van der Waals surface area contributed by atoms with Crippen LogP contribution in [0.5, 0.6) is 0 Å². The summed E-state index contributed by atoms with van der Waals surface area (Å²) in [5, 5.41) is 2.76. The first-order valence-electron chi connectivity index (χ1n) is 8.34. The monoisotopic (exact) mass is 345 g/mol. The average Bonchev–Trinajstić information content (AvgIpc) is 3.02. The fraction of sp³-hybridized carbons (Fsp3) is 0.471. The van der Waals surface area contributed by atoms with Gasteiger partial charge >= 0.3 is 0 Å². The number of aromatic nitrogens is 2. The van der Waals surface area contributed by atoms with Crippen LogP contribution in [0.2, 0.25) is 0 Å². The lowest BCUT2D eigenvalue weighted by Crippen LogP contribution is -2.47. The lowest BCUT2D eigenvalue weighted by molar-refractivity contribution is 0.0651. The Morgan fingerprint density at radius 1 is 1.24 bits per heavy atom. The molecule has 3 heterocycles. The third kappa shape index (κ3) is 3.64. The van der Waals surface area contributed by atoms with Gasteiger partial charge < -0.3 is 19.9 Å².